The van der Waals surface area contributed by atoms with Crippen LogP contribution >= 0.6 is 0 Å². The molecule has 122 valence electrons. The van der Waals surface area contributed by atoms with Crippen LogP contribution in [0.15, 0.2) is 24.3 Å². The molecule has 0 N–H and O–H groups in total. The summed E-state index contributed by atoms with van der Waals surface area (Å²) in [5.74, 6) is 0.219. The van der Waals surface area contributed by atoms with E-state index in [0.717, 1.165) is 4.90 Å². The summed E-state index contributed by atoms with van der Waals surface area (Å²) >= 11 is 0. The van der Waals surface area contributed by atoms with Crippen LogP contribution in [0.1, 0.15) is 31.7 Å². The van der Waals surface area contributed by atoms with E-state index in [1.165, 1.54) is 0 Å². The molecule has 0 radical (unpaired) electrons. The van der Waals surface area contributed by atoms with Crippen LogP contribution in [0, 0.1) is 0 Å². The van der Waals surface area contributed by atoms with Crippen LogP contribution in [-0.4, -0.2) is 36.2 Å². The molecule has 1 fully saturated rings. The van der Waals surface area contributed by atoms with E-state index in [4.69, 9.17) is 4.74 Å². The summed E-state index contributed by atoms with van der Waals surface area (Å²) in [7, 11) is 0. The monoisotopic (exact) mass is 315 g/mol. The van der Waals surface area contributed by atoms with Gasteiger partial charge < -0.3 is 9.64 Å². The Kier molecular flexibility index (Phi) is 5.32. The van der Waals surface area contributed by atoms with Crippen molar-refractivity contribution in [3.05, 3.63) is 29.8 Å². The quantitative estimate of drug-likeness (QED) is 0.850. The minimum absolute atomic E-state index is 0.00147. The number of amides is 1. The number of alkyl halides is 3. The van der Waals surface area contributed by atoms with Crippen molar-refractivity contribution >= 4 is 5.91 Å². The van der Waals surface area contributed by atoms with Crippen LogP contribution in [0.2, 0.25) is 0 Å². The highest BCUT2D eigenvalue weighted by atomic mass is 19.4. The predicted molar refractivity (Wildman–Crippen MR) is 76.7 cm³/mol. The number of carbonyl (C=O) groups is 1. The zero-order chi connectivity index (χ0) is 16.2. The number of ether oxygens (including phenoxy) is 1. The van der Waals surface area contributed by atoms with Crippen LogP contribution in [0.4, 0.5) is 13.2 Å². The molecule has 0 aromatic heterocycles. The summed E-state index contributed by atoms with van der Waals surface area (Å²) in [6.45, 7) is 2.59. The average Bonchev–Trinajstić information content (AvgIpc) is 2.48. The standard InChI is InChI=1S/C16H20F3NO2/c1-2-22-13-8-6-12(7-9-13)11-15(21)20-10-4-3-5-14(20)16(17,18)19/h6-9,14H,2-5,10-11H2,1H3. The fourth-order valence-electron chi connectivity index (χ4n) is 2.72. The molecule has 1 saturated heterocycles. The molecular weight excluding hydrogens is 295 g/mol. The van der Waals surface area contributed by atoms with Gasteiger partial charge in [0.25, 0.3) is 0 Å². The molecule has 0 spiro atoms. The zero-order valence-electron chi connectivity index (χ0n) is 12.5. The van der Waals surface area contributed by atoms with Gasteiger partial charge in [0.05, 0.1) is 13.0 Å². The van der Waals surface area contributed by atoms with Crippen molar-refractivity contribution in [2.75, 3.05) is 13.2 Å². The van der Waals surface area contributed by atoms with E-state index in [2.05, 4.69) is 0 Å². The van der Waals surface area contributed by atoms with Gasteiger partial charge in [0.15, 0.2) is 0 Å². The van der Waals surface area contributed by atoms with Gasteiger partial charge in [-0.2, -0.15) is 13.2 Å². The first-order valence-corrected chi connectivity index (χ1v) is 7.49. The number of rotatable bonds is 4. The molecule has 0 saturated carbocycles. The Bertz CT molecular complexity index is 499. The highest BCUT2D eigenvalue weighted by Gasteiger charge is 2.46. The predicted octanol–water partition coefficient (Wildman–Crippen LogP) is 3.57. The van der Waals surface area contributed by atoms with Crippen molar-refractivity contribution in [3.8, 4) is 5.75 Å². The van der Waals surface area contributed by atoms with Crippen LogP contribution in [-0.2, 0) is 11.2 Å². The summed E-state index contributed by atoms with van der Waals surface area (Å²) in [5, 5.41) is 0. The van der Waals surface area contributed by atoms with Crippen molar-refractivity contribution in [3.63, 3.8) is 0 Å². The Hall–Kier alpha value is -1.72. The van der Waals surface area contributed by atoms with Crippen molar-refractivity contribution in [2.24, 2.45) is 0 Å². The molecule has 1 atom stereocenters. The first-order valence-electron chi connectivity index (χ1n) is 7.49. The molecule has 1 aromatic rings. The largest absolute Gasteiger partial charge is 0.494 e. The van der Waals surface area contributed by atoms with Gasteiger partial charge in [0, 0.05) is 6.54 Å². The normalized spacial score (nSPS) is 19.1. The van der Waals surface area contributed by atoms with Crippen molar-refractivity contribution in [2.45, 2.75) is 44.8 Å². The number of nitrogens with zero attached hydrogens (tertiary/aromatic N) is 1. The molecule has 2 rings (SSSR count). The molecule has 6 heteroatoms. The molecule has 1 aromatic carbocycles. The molecule has 0 aliphatic carbocycles. The number of likely N-dealkylation sites (tertiary alicyclic amines) is 1. The second kappa shape index (κ2) is 7.03. The first kappa shape index (κ1) is 16.6. The fourth-order valence-corrected chi connectivity index (χ4v) is 2.72. The molecule has 1 unspecified atom stereocenters. The Balaban J connectivity index is 2.03. The molecule has 1 aliphatic heterocycles. The minimum Gasteiger partial charge on any atom is -0.494 e. The zero-order valence-corrected chi connectivity index (χ0v) is 12.5. The molecular formula is C16H20F3NO2. The average molecular weight is 315 g/mol. The summed E-state index contributed by atoms with van der Waals surface area (Å²) < 4.78 is 44.4. The number of hydrogen-bond acceptors (Lipinski definition) is 2. The van der Waals surface area contributed by atoms with Gasteiger partial charge in [-0.25, -0.2) is 0 Å². The fraction of sp³-hybridized carbons (Fsp3) is 0.562. The van der Waals surface area contributed by atoms with Gasteiger partial charge in [-0.3, -0.25) is 4.79 Å². The number of halogens is 3. The summed E-state index contributed by atoms with van der Waals surface area (Å²) in [4.78, 5) is 13.2. The van der Waals surface area contributed by atoms with Gasteiger partial charge in [-0.15, -0.1) is 0 Å². The van der Waals surface area contributed by atoms with Gasteiger partial charge in [-0.1, -0.05) is 12.1 Å². The molecule has 22 heavy (non-hydrogen) atoms. The lowest BCUT2D eigenvalue weighted by atomic mass is 10.0. The number of piperidine rings is 1. The van der Waals surface area contributed by atoms with E-state index in [9.17, 15) is 18.0 Å². The van der Waals surface area contributed by atoms with Crippen LogP contribution in [0.3, 0.4) is 0 Å². The maximum atomic E-state index is 13.0. The summed E-state index contributed by atoms with van der Waals surface area (Å²) in [6.07, 6.45) is -3.23. The summed E-state index contributed by atoms with van der Waals surface area (Å²) in [5.41, 5.74) is 0.694. The van der Waals surface area contributed by atoms with Crippen molar-refractivity contribution < 1.29 is 22.7 Å². The van der Waals surface area contributed by atoms with Crippen LogP contribution in [0.25, 0.3) is 0 Å². The topological polar surface area (TPSA) is 29.5 Å². The van der Waals surface area contributed by atoms with Crippen molar-refractivity contribution in [1.29, 1.82) is 0 Å². The maximum absolute atomic E-state index is 13.0. The number of hydrogen-bond donors (Lipinski definition) is 0. The van der Waals surface area contributed by atoms with Gasteiger partial charge in [0.1, 0.15) is 11.8 Å². The molecule has 3 nitrogen and oxygen atoms in total. The SMILES string of the molecule is CCOc1ccc(CC(=O)N2CCCCC2C(F)(F)F)cc1. The second-order valence-electron chi connectivity index (χ2n) is 5.39. The third kappa shape index (κ3) is 4.15. The van der Waals surface area contributed by atoms with Gasteiger partial charge in [-0.05, 0) is 43.9 Å². The third-order valence-electron chi connectivity index (χ3n) is 3.79. The van der Waals surface area contributed by atoms with E-state index in [-0.39, 0.29) is 19.4 Å². The lowest BCUT2D eigenvalue weighted by Gasteiger charge is -2.36. The Labute approximate surface area is 128 Å². The molecule has 1 aliphatic rings. The smallest absolute Gasteiger partial charge is 0.408 e. The van der Waals surface area contributed by atoms with Crippen molar-refractivity contribution in [1.82, 2.24) is 4.90 Å². The Morgan fingerprint density at radius 3 is 2.55 bits per heavy atom. The Morgan fingerprint density at radius 2 is 1.95 bits per heavy atom. The second-order valence-corrected chi connectivity index (χ2v) is 5.39. The third-order valence-corrected chi connectivity index (χ3v) is 3.79. The molecule has 0 bridgehead atoms. The summed E-state index contributed by atoms with van der Waals surface area (Å²) in [6, 6.07) is 5.24. The van der Waals surface area contributed by atoms with Crippen LogP contribution in [0.5, 0.6) is 5.75 Å². The molecule has 1 amide bonds. The van der Waals surface area contributed by atoms with E-state index in [1.807, 2.05) is 6.92 Å². The number of benzene rings is 1. The molecule has 1 heterocycles. The van der Waals surface area contributed by atoms with E-state index < -0.39 is 18.1 Å². The van der Waals surface area contributed by atoms with Gasteiger partial charge in [0.2, 0.25) is 5.91 Å². The maximum Gasteiger partial charge on any atom is 0.408 e. The lowest BCUT2D eigenvalue weighted by molar-refractivity contribution is -0.195. The van der Waals surface area contributed by atoms with Gasteiger partial charge >= 0.3 is 6.18 Å². The van der Waals surface area contributed by atoms with E-state index in [1.54, 1.807) is 24.3 Å². The lowest BCUT2D eigenvalue weighted by Crippen LogP contribution is -2.51. The first-order chi connectivity index (χ1) is 10.4. The highest BCUT2D eigenvalue weighted by molar-refractivity contribution is 5.79. The minimum atomic E-state index is -4.35. The number of carbonyl (C=O) groups excluding carboxylic acids is 1. The van der Waals surface area contributed by atoms with E-state index >= 15 is 0 Å². The Morgan fingerprint density at radius 1 is 1.27 bits per heavy atom. The van der Waals surface area contributed by atoms with E-state index in [0.29, 0.717) is 30.8 Å². The highest BCUT2D eigenvalue weighted by Crippen LogP contribution is 2.32. The van der Waals surface area contributed by atoms with Crippen LogP contribution < -0.4 is 4.74 Å².